The van der Waals surface area contributed by atoms with Crippen molar-refractivity contribution in [1.29, 1.82) is 0 Å². The first-order valence-corrected chi connectivity index (χ1v) is 6.57. The molecule has 0 spiro atoms. The summed E-state index contributed by atoms with van der Waals surface area (Å²) in [7, 11) is -2.17. The summed E-state index contributed by atoms with van der Waals surface area (Å²) in [5.74, 6) is 0. The summed E-state index contributed by atoms with van der Waals surface area (Å²) in [5.41, 5.74) is -0.484. The molecule has 16 heavy (non-hydrogen) atoms. The van der Waals surface area contributed by atoms with Crippen molar-refractivity contribution in [2.45, 2.75) is 24.7 Å². The molecule has 1 aromatic rings. The molecule has 0 amide bonds. The third-order valence-electron chi connectivity index (χ3n) is 2.30. The highest BCUT2D eigenvalue weighted by atomic mass is 32.2. The van der Waals surface area contributed by atoms with E-state index < -0.39 is 15.5 Å². The number of rotatable bonds is 5. The summed E-state index contributed by atoms with van der Waals surface area (Å²) in [6, 6.07) is 1.21. The highest BCUT2D eigenvalue weighted by Gasteiger charge is 2.22. The molecule has 0 aliphatic rings. The van der Waals surface area contributed by atoms with Gasteiger partial charge in [0.15, 0.2) is 0 Å². The van der Waals surface area contributed by atoms with Crippen molar-refractivity contribution in [1.82, 2.24) is 9.29 Å². The Kier molecular flexibility index (Phi) is 4.26. The molecule has 0 atom stereocenters. The Morgan fingerprint density at radius 3 is 2.69 bits per heavy atom. The van der Waals surface area contributed by atoms with Gasteiger partial charge in [0.1, 0.15) is 4.90 Å². The van der Waals surface area contributed by atoms with E-state index in [1.165, 1.54) is 29.8 Å². The first kappa shape index (κ1) is 12.9. The van der Waals surface area contributed by atoms with E-state index in [4.69, 9.17) is 0 Å². The molecule has 0 saturated carbocycles. The van der Waals surface area contributed by atoms with Crippen LogP contribution in [0.15, 0.2) is 28.2 Å². The molecule has 1 heterocycles. The third-order valence-corrected chi connectivity index (χ3v) is 4.18. The van der Waals surface area contributed by atoms with Gasteiger partial charge in [0.2, 0.25) is 15.5 Å². The predicted molar refractivity (Wildman–Crippen MR) is 61.8 cm³/mol. The molecule has 0 aliphatic heterocycles. The van der Waals surface area contributed by atoms with E-state index in [0.29, 0.717) is 6.54 Å². The van der Waals surface area contributed by atoms with Gasteiger partial charge in [-0.15, -0.1) is 0 Å². The zero-order valence-electron chi connectivity index (χ0n) is 9.43. The number of hydrogen-bond acceptors (Lipinski definition) is 3. The maximum Gasteiger partial charge on any atom is 0.248 e. The Bertz CT molecular complexity index is 493. The number of sulfonamides is 1. The van der Waals surface area contributed by atoms with Crippen molar-refractivity contribution >= 4 is 10.0 Å². The van der Waals surface area contributed by atoms with E-state index >= 15 is 0 Å². The monoisotopic (exact) mass is 244 g/mol. The second kappa shape index (κ2) is 5.27. The SMILES string of the molecule is CCCCN(C)S(=O)(=O)c1c[nH]ccc1=O. The second-order valence-corrected chi connectivity index (χ2v) is 5.57. The normalized spacial score (nSPS) is 11.9. The van der Waals surface area contributed by atoms with Gasteiger partial charge < -0.3 is 4.98 Å². The molecule has 0 aliphatic carbocycles. The maximum absolute atomic E-state index is 12.0. The van der Waals surface area contributed by atoms with E-state index in [1.807, 2.05) is 6.92 Å². The van der Waals surface area contributed by atoms with E-state index in [1.54, 1.807) is 0 Å². The van der Waals surface area contributed by atoms with Crippen LogP contribution in [0.2, 0.25) is 0 Å². The van der Waals surface area contributed by atoms with Gasteiger partial charge in [0.05, 0.1) is 0 Å². The zero-order valence-corrected chi connectivity index (χ0v) is 10.3. The van der Waals surface area contributed by atoms with Gasteiger partial charge in [-0.2, -0.15) is 0 Å². The summed E-state index contributed by atoms with van der Waals surface area (Å²) in [4.78, 5) is 13.8. The largest absolute Gasteiger partial charge is 0.366 e. The molecule has 1 N–H and O–H groups in total. The molecule has 5 nitrogen and oxygen atoms in total. The number of nitrogens with one attached hydrogen (secondary N) is 1. The molecule has 1 aromatic heterocycles. The van der Waals surface area contributed by atoms with Crippen LogP contribution in [0.25, 0.3) is 0 Å². The van der Waals surface area contributed by atoms with Crippen molar-refractivity contribution in [3.63, 3.8) is 0 Å². The van der Waals surface area contributed by atoms with Gasteiger partial charge in [-0.1, -0.05) is 13.3 Å². The van der Waals surface area contributed by atoms with E-state index in [0.717, 1.165) is 12.8 Å². The molecular weight excluding hydrogens is 228 g/mol. The molecule has 0 unspecified atom stereocenters. The molecule has 0 aromatic carbocycles. The van der Waals surface area contributed by atoms with Crippen molar-refractivity contribution in [2.75, 3.05) is 13.6 Å². The van der Waals surface area contributed by atoms with Crippen LogP contribution in [0.5, 0.6) is 0 Å². The summed E-state index contributed by atoms with van der Waals surface area (Å²) in [6.07, 6.45) is 4.32. The predicted octanol–water partition coefficient (Wildman–Crippen LogP) is 0.796. The van der Waals surface area contributed by atoms with Gasteiger partial charge in [-0.25, -0.2) is 12.7 Å². The minimum atomic E-state index is -3.65. The molecule has 1 rings (SSSR count). The second-order valence-electron chi connectivity index (χ2n) is 3.55. The molecule has 6 heteroatoms. The Balaban J connectivity index is 3.03. The molecule has 0 bridgehead atoms. The van der Waals surface area contributed by atoms with Crippen LogP contribution < -0.4 is 5.43 Å². The van der Waals surface area contributed by atoms with Crippen molar-refractivity contribution < 1.29 is 8.42 Å². The number of aromatic amines is 1. The Labute approximate surface area is 95.2 Å². The van der Waals surface area contributed by atoms with Crippen LogP contribution in [-0.4, -0.2) is 31.3 Å². The van der Waals surface area contributed by atoms with E-state index in [9.17, 15) is 13.2 Å². The number of pyridine rings is 1. The number of hydrogen-bond donors (Lipinski definition) is 1. The molecular formula is C10H16N2O3S. The Morgan fingerprint density at radius 2 is 2.12 bits per heavy atom. The van der Waals surface area contributed by atoms with Gasteiger partial charge in [0, 0.05) is 32.1 Å². The average Bonchev–Trinajstić information content (AvgIpc) is 2.26. The molecule has 0 fully saturated rings. The fourth-order valence-electron chi connectivity index (χ4n) is 1.27. The lowest BCUT2D eigenvalue weighted by Crippen LogP contribution is -2.31. The van der Waals surface area contributed by atoms with Crippen molar-refractivity contribution in [2.24, 2.45) is 0 Å². The lowest BCUT2D eigenvalue weighted by atomic mass is 10.3. The fraction of sp³-hybridized carbons (Fsp3) is 0.500. The summed E-state index contributed by atoms with van der Waals surface area (Å²) in [5, 5.41) is 0. The van der Waals surface area contributed by atoms with E-state index in [-0.39, 0.29) is 4.90 Å². The van der Waals surface area contributed by atoms with E-state index in [2.05, 4.69) is 4.98 Å². The van der Waals surface area contributed by atoms with Gasteiger partial charge in [-0.05, 0) is 6.42 Å². The fourth-order valence-corrected chi connectivity index (χ4v) is 2.52. The van der Waals surface area contributed by atoms with Crippen LogP contribution in [0.4, 0.5) is 0 Å². The number of unbranched alkanes of at least 4 members (excludes halogenated alkanes) is 1. The molecule has 90 valence electrons. The first-order chi connectivity index (χ1) is 7.50. The number of H-pyrrole nitrogens is 1. The summed E-state index contributed by atoms with van der Waals surface area (Å²) < 4.78 is 25.1. The van der Waals surface area contributed by atoms with Crippen LogP contribution in [0.3, 0.4) is 0 Å². The molecule has 0 radical (unpaired) electrons. The number of aromatic nitrogens is 1. The van der Waals surface area contributed by atoms with Gasteiger partial charge >= 0.3 is 0 Å². The highest BCUT2D eigenvalue weighted by Crippen LogP contribution is 2.09. The average molecular weight is 244 g/mol. The minimum absolute atomic E-state index is 0.200. The molecule has 0 saturated heterocycles. The quantitative estimate of drug-likeness (QED) is 0.832. The topological polar surface area (TPSA) is 70.2 Å². The first-order valence-electron chi connectivity index (χ1n) is 5.13. The summed E-state index contributed by atoms with van der Waals surface area (Å²) in [6.45, 7) is 2.41. The Morgan fingerprint density at radius 1 is 1.44 bits per heavy atom. The Hall–Kier alpha value is -1.14. The van der Waals surface area contributed by atoms with Gasteiger partial charge in [-0.3, -0.25) is 4.79 Å². The van der Waals surface area contributed by atoms with Crippen LogP contribution in [0.1, 0.15) is 19.8 Å². The minimum Gasteiger partial charge on any atom is -0.366 e. The van der Waals surface area contributed by atoms with Crippen molar-refractivity contribution in [3.05, 3.63) is 28.7 Å². The highest BCUT2D eigenvalue weighted by molar-refractivity contribution is 7.89. The smallest absolute Gasteiger partial charge is 0.248 e. The standard InChI is InChI=1S/C10H16N2O3S/c1-3-4-7-12(2)16(14,15)10-8-11-6-5-9(10)13/h5-6,8H,3-4,7H2,1-2H3,(H,11,13). The zero-order chi connectivity index (χ0) is 12.2. The van der Waals surface area contributed by atoms with Crippen molar-refractivity contribution in [3.8, 4) is 0 Å². The van der Waals surface area contributed by atoms with Crippen LogP contribution in [0, 0.1) is 0 Å². The number of nitrogens with zero attached hydrogens (tertiary/aromatic N) is 1. The third kappa shape index (κ3) is 2.70. The van der Waals surface area contributed by atoms with Crippen LogP contribution >= 0.6 is 0 Å². The lowest BCUT2D eigenvalue weighted by Gasteiger charge is -2.15. The maximum atomic E-state index is 12.0. The van der Waals surface area contributed by atoms with Crippen LogP contribution in [-0.2, 0) is 10.0 Å². The summed E-state index contributed by atoms with van der Waals surface area (Å²) >= 11 is 0. The lowest BCUT2D eigenvalue weighted by molar-refractivity contribution is 0.458. The van der Waals surface area contributed by atoms with Gasteiger partial charge in [0.25, 0.3) is 0 Å².